The van der Waals surface area contributed by atoms with Gasteiger partial charge in [0.25, 0.3) is 5.91 Å². The topological polar surface area (TPSA) is 104 Å². The fraction of sp³-hybridized carbons (Fsp3) is 0.500. The maximum Gasteiger partial charge on any atom is 0.318 e. The van der Waals surface area contributed by atoms with Crippen LogP contribution in [0.1, 0.15) is 15.9 Å². The van der Waals surface area contributed by atoms with Crippen LogP contribution in [0.2, 0.25) is 0 Å². The zero-order valence-electron chi connectivity index (χ0n) is 14.2. The van der Waals surface area contributed by atoms with E-state index in [4.69, 9.17) is 9.84 Å². The minimum atomic E-state index is -3.69. The highest BCUT2D eigenvalue weighted by Gasteiger charge is 2.30. The van der Waals surface area contributed by atoms with Crippen LogP contribution in [0.5, 0.6) is 0 Å². The lowest BCUT2D eigenvalue weighted by molar-refractivity contribution is -0.137. The van der Waals surface area contributed by atoms with E-state index in [1.54, 1.807) is 23.1 Å². The van der Waals surface area contributed by atoms with Gasteiger partial charge in [-0.1, -0.05) is 17.7 Å². The van der Waals surface area contributed by atoms with Crippen LogP contribution in [0, 0.1) is 6.92 Å². The van der Waals surface area contributed by atoms with E-state index in [-0.39, 0.29) is 25.6 Å². The number of hydrogen-bond acceptors (Lipinski definition) is 5. The first kappa shape index (κ1) is 19.4. The zero-order chi connectivity index (χ0) is 18.6. The Kier molecular flexibility index (Phi) is 6.15. The molecule has 1 aliphatic rings. The van der Waals surface area contributed by atoms with E-state index in [1.807, 2.05) is 13.0 Å². The quantitative estimate of drug-likeness (QED) is 0.766. The molecule has 0 bridgehead atoms. The van der Waals surface area contributed by atoms with E-state index in [0.717, 1.165) is 16.1 Å². The number of aryl methyl sites for hydroxylation is 1. The van der Waals surface area contributed by atoms with Gasteiger partial charge >= 0.3 is 5.97 Å². The summed E-state index contributed by atoms with van der Waals surface area (Å²) in [7, 11) is -3.69. The number of morpholine rings is 1. The molecule has 1 amide bonds. The largest absolute Gasteiger partial charge is 0.480 e. The predicted octanol–water partition coefficient (Wildman–Crippen LogP) is 0.182. The Morgan fingerprint density at radius 1 is 1.40 bits per heavy atom. The summed E-state index contributed by atoms with van der Waals surface area (Å²) in [6.45, 7) is 2.04. The second-order valence-corrected chi connectivity index (χ2v) is 8.05. The second kappa shape index (κ2) is 7.94. The lowest BCUT2D eigenvalue weighted by atomic mass is 10.1. The van der Waals surface area contributed by atoms with Gasteiger partial charge in [-0.2, -0.15) is 4.31 Å². The first-order chi connectivity index (χ1) is 11.7. The molecule has 2 rings (SSSR count). The van der Waals surface area contributed by atoms with Gasteiger partial charge in [0.1, 0.15) is 6.54 Å². The lowest BCUT2D eigenvalue weighted by Crippen LogP contribution is -2.51. The molecule has 1 fully saturated rings. The van der Waals surface area contributed by atoms with Crippen molar-refractivity contribution in [1.82, 2.24) is 9.21 Å². The number of carbonyl (C=O) groups is 2. The number of nitrogens with zero attached hydrogens (tertiary/aromatic N) is 2. The monoisotopic (exact) mass is 370 g/mol. The number of aliphatic carboxylic acids is 1. The number of benzene rings is 1. The van der Waals surface area contributed by atoms with Crippen LogP contribution in [0.15, 0.2) is 24.3 Å². The molecule has 0 radical (unpaired) electrons. The molecule has 1 aliphatic heterocycles. The van der Waals surface area contributed by atoms with Crippen molar-refractivity contribution >= 4 is 21.9 Å². The molecule has 1 atom stereocenters. The highest BCUT2D eigenvalue weighted by Crippen LogP contribution is 2.14. The number of rotatable bonds is 6. The van der Waals surface area contributed by atoms with Gasteiger partial charge < -0.3 is 14.7 Å². The van der Waals surface area contributed by atoms with Gasteiger partial charge in [-0.25, -0.2) is 8.42 Å². The van der Waals surface area contributed by atoms with Crippen molar-refractivity contribution in [2.24, 2.45) is 0 Å². The number of hydrogen-bond donors (Lipinski definition) is 1. The summed E-state index contributed by atoms with van der Waals surface area (Å²) in [4.78, 5) is 25.1. The van der Waals surface area contributed by atoms with Crippen molar-refractivity contribution in [3.05, 3.63) is 35.4 Å². The number of carbonyl (C=O) groups excluding carboxylic acids is 1. The van der Waals surface area contributed by atoms with Crippen molar-refractivity contribution in [3.63, 3.8) is 0 Å². The van der Waals surface area contributed by atoms with E-state index in [1.165, 1.54) is 0 Å². The highest BCUT2D eigenvalue weighted by atomic mass is 32.2. The number of ether oxygens (including phenoxy) is 1. The van der Waals surface area contributed by atoms with Crippen LogP contribution in [-0.4, -0.2) is 79.8 Å². The summed E-state index contributed by atoms with van der Waals surface area (Å²) in [5.41, 5.74) is 1.53. The fourth-order valence-electron chi connectivity index (χ4n) is 2.67. The third-order valence-electron chi connectivity index (χ3n) is 3.88. The van der Waals surface area contributed by atoms with Gasteiger partial charge in [-0.15, -0.1) is 0 Å². The molecule has 9 heteroatoms. The van der Waals surface area contributed by atoms with Crippen molar-refractivity contribution in [2.75, 3.05) is 39.0 Å². The average Bonchev–Trinajstić information content (AvgIpc) is 2.52. The summed E-state index contributed by atoms with van der Waals surface area (Å²) < 4.78 is 29.9. The van der Waals surface area contributed by atoms with Gasteiger partial charge in [-0.3, -0.25) is 9.59 Å². The Hall–Kier alpha value is -1.97. The maximum absolute atomic E-state index is 12.6. The van der Waals surface area contributed by atoms with Crippen LogP contribution in [-0.2, 0) is 19.6 Å². The molecule has 1 N–H and O–H groups in total. The molecule has 8 nitrogen and oxygen atoms in total. The van der Waals surface area contributed by atoms with Crippen LogP contribution in [0.3, 0.4) is 0 Å². The standard InChI is InChI=1S/C16H22N2O6S/c1-12-4-3-5-13(8-12)16(21)17-6-7-24-14(9-17)10-18(11-15(19)20)25(2,22)23/h3-5,8,14H,6-7,9-11H2,1-2H3,(H,19,20). The maximum atomic E-state index is 12.6. The van der Waals surface area contributed by atoms with E-state index < -0.39 is 28.6 Å². The fourth-order valence-corrected chi connectivity index (χ4v) is 3.45. The Labute approximate surface area is 147 Å². The third kappa shape index (κ3) is 5.52. The second-order valence-electron chi connectivity index (χ2n) is 6.06. The number of sulfonamides is 1. The van der Waals surface area contributed by atoms with Gasteiger partial charge in [0.2, 0.25) is 10.0 Å². The van der Waals surface area contributed by atoms with Crippen molar-refractivity contribution < 1.29 is 27.9 Å². The smallest absolute Gasteiger partial charge is 0.318 e. The normalized spacial score (nSPS) is 18.4. The average molecular weight is 370 g/mol. The molecule has 0 saturated carbocycles. The summed E-state index contributed by atoms with van der Waals surface area (Å²) in [6.07, 6.45) is 0.380. The Morgan fingerprint density at radius 2 is 2.12 bits per heavy atom. The van der Waals surface area contributed by atoms with E-state index in [0.29, 0.717) is 12.1 Å². The van der Waals surface area contributed by atoms with Crippen molar-refractivity contribution in [1.29, 1.82) is 0 Å². The first-order valence-corrected chi connectivity index (χ1v) is 9.66. The van der Waals surface area contributed by atoms with E-state index in [9.17, 15) is 18.0 Å². The molecule has 0 aromatic heterocycles. The Bertz CT molecular complexity index is 749. The van der Waals surface area contributed by atoms with Crippen molar-refractivity contribution in [3.8, 4) is 0 Å². The van der Waals surface area contributed by atoms with E-state index in [2.05, 4.69) is 0 Å². The molecule has 1 aromatic carbocycles. The van der Waals surface area contributed by atoms with Crippen LogP contribution in [0.4, 0.5) is 0 Å². The van der Waals surface area contributed by atoms with E-state index >= 15 is 0 Å². The van der Waals surface area contributed by atoms with Crippen molar-refractivity contribution in [2.45, 2.75) is 13.0 Å². The van der Waals surface area contributed by atoms with Gasteiger partial charge in [0.05, 0.1) is 19.0 Å². The summed E-state index contributed by atoms with van der Waals surface area (Å²) in [6, 6.07) is 7.22. The minimum Gasteiger partial charge on any atom is -0.480 e. The Morgan fingerprint density at radius 3 is 2.72 bits per heavy atom. The lowest BCUT2D eigenvalue weighted by Gasteiger charge is -2.35. The molecule has 138 valence electrons. The first-order valence-electron chi connectivity index (χ1n) is 7.81. The molecule has 0 spiro atoms. The SMILES string of the molecule is Cc1cccc(C(=O)N2CCOC(CN(CC(=O)O)S(C)(=O)=O)C2)c1. The molecular weight excluding hydrogens is 348 g/mol. The zero-order valence-corrected chi connectivity index (χ0v) is 15.0. The van der Waals surface area contributed by atoms with Crippen LogP contribution < -0.4 is 0 Å². The summed E-state index contributed by atoms with van der Waals surface area (Å²) in [5, 5.41) is 8.88. The van der Waals surface area contributed by atoms with Gasteiger partial charge in [0.15, 0.2) is 0 Å². The van der Waals surface area contributed by atoms with Gasteiger partial charge in [0, 0.05) is 25.2 Å². The minimum absolute atomic E-state index is 0.108. The molecular formula is C16H22N2O6S. The molecule has 25 heavy (non-hydrogen) atoms. The molecule has 0 aliphatic carbocycles. The van der Waals surface area contributed by atoms with Crippen LogP contribution >= 0.6 is 0 Å². The number of carboxylic acid groups (broad SMARTS) is 1. The van der Waals surface area contributed by atoms with Crippen LogP contribution in [0.25, 0.3) is 0 Å². The third-order valence-corrected chi connectivity index (χ3v) is 5.10. The van der Waals surface area contributed by atoms with Gasteiger partial charge in [-0.05, 0) is 19.1 Å². The Balaban J connectivity index is 2.07. The number of carboxylic acids is 1. The summed E-state index contributed by atoms with van der Waals surface area (Å²) >= 11 is 0. The summed E-state index contributed by atoms with van der Waals surface area (Å²) in [5.74, 6) is -1.39. The molecule has 1 aromatic rings. The molecule has 1 saturated heterocycles. The highest BCUT2D eigenvalue weighted by molar-refractivity contribution is 7.88. The molecule has 1 heterocycles. The molecule has 1 unspecified atom stereocenters. The predicted molar refractivity (Wildman–Crippen MR) is 90.9 cm³/mol. The number of amides is 1.